The van der Waals surface area contributed by atoms with Gasteiger partial charge in [-0.2, -0.15) is 5.10 Å². The highest BCUT2D eigenvalue weighted by molar-refractivity contribution is 6.00. The maximum Gasteiger partial charge on any atom is 0.116 e. The fourth-order valence-electron chi connectivity index (χ4n) is 4.32. The fraction of sp³-hybridized carbons (Fsp3) is 0.143. The largest absolute Gasteiger partial charge is 0.358 e. The average molecular weight is 460 g/mol. The third-order valence-electron chi connectivity index (χ3n) is 6.37. The Labute approximate surface area is 202 Å². The van der Waals surface area contributed by atoms with Crippen molar-refractivity contribution < 1.29 is 0 Å². The summed E-state index contributed by atoms with van der Waals surface area (Å²) in [5.74, 6) is 0.328. The average Bonchev–Trinajstić information content (AvgIpc) is 3.62. The quantitative estimate of drug-likeness (QED) is 0.270. The number of aromatic nitrogens is 6. The van der Waals surface area contributed by atoms with Crippen LogP contribution in [0.25, 0.3) is 50.0 Å². The summed E-state index contributed by atoms with van der Waals surface area (Å²) in [5, 5.41) is 13.2. The summed E-state index contributed by atoms with van der Waals surface area (Å²) in [5.41, 5.74) is 9.54. The van der Waals surface area contributed by atoms with Gasteiger partial charge in [-0.15, -0.1) is 0 Å². The van der Waals surface area contributed by atoms with Gasteiger partial charge in [0.25, 0.3) is 0 Å². The summed E-state index contributed by atoms with van der Waals surface area (Å²) in [4.78, 5) is 17.0. The molecule has 0 saturated carbocycles. The van der Waals surface area contributed by atoms with Crippen molar-refractivity contribution in [3.05, 3.63) is 85.3 Å². The molecule has 35 heavy (non-hydrogen) atoms. The van der Waals surface area contributed by atoms with E-state index < -0.39 is 0 Å². The van der Waals surface area contributed by atoms with Crippen molar-refractivity contribution >= 4 is 33.1 Å². The Balaban J connectivity index is 1.41. The topological polar surface area (TPSA) is 95.2 Å². The van der Waals surface area contributed by atoms with E-state index in [-0.39, 0.29) is 0 Å². The standard InChI is InChI=1S/C28H25N7/c1-16(2)17(3)32-20-8-19(11-29-12-20)24-10-22-27(15-31-24)34-35-28(22)25-9-21-23(18-6-4-5-7-18)13-30-14-26(21)33-25/h4,6-16,32-33H,3,5H2,1-2H3,(H,34,35). The zero-order valence-corrected chi connectivity index (χ0v) is 19.6. The van der Waals surface area contributed by atoms with Gasteiger partial charge in [0.1, 0.15) is 5.69 Å². The Hall–Kier alpha value is -4.52. The zero-order chi connectivity index (χ0) is 23.9. The van der Waals surface area contributed by atoms with Gasteiger partial charge >= 0.3 is 0 Å². The molecular weight excluding hydrogens is 434 g/mol. The van der Waals surface area contributed by atoms with Crippen molar-refractivity contribution in [2.45, 2.75) is 20.3 Å². The molecule has 0 atom stereocenters. The highest BCUT2D eigenvalue weighted by Gasteiger charge is 2.16. The number of hydrogen-bond donors (Lipinski definition) is 3. The van der Waals surface area contributed by atoms with Crippen LogP contribution in [0.2, 0.25) is 0 Å². The summed E-state index contributed by atoms with van der Waals surface area (Å²) >= 11 is 0. The second-order valence-electron chi connectivity index (χ2n) is 9.08. The molecule has 5 heterocycles. The van der Waals surface area contributed by atoms with Gasteiger partial charge in [-0.3, -0.25) is 20.1 Å². The Morgan fingerprint density at radius 3 is 2.71 bits per heavy atom. The molecule has 0 radical (unpaired) electrons. The molecule has 5 aromatic heterocycles. The van der Waals surface area contributed by atoms with Crippen LogP contribution in [-0.2, 0) is 0 Å². The number of hydrogen-bond acceptors (Lipinski definition) is 5. The lowest BCUT2D eigenvalue weighted by atomic mass is 10.0. The number of rotatable bonds is 6. The van der Waals surface area contributed by atoms with E-state index >= 15 is 0 Å². The molecule has 0 amide bonds. The monoisotopic (exact) mass is 459 g/mol. The maximum atomic E-state index is 4.65. The summed E-state index contributed by atoms with van der Waals surface area (Å²) < 4.78 is 0. The number of nitrogens with one attached hydrogen (secondary N) is 3. The van der Waals surface area contributed by atoms with Crippen molar-refractivity contribution in [2.24, 2.45) is 5.92 Å². The zero-order valence-electron chi connectivity index (χ0n) is 19.6. The lowest BCUT2D eigenvalue weighted by Crippen LogP contribution is -2.04. The van der Waals surface area contributed by atoms with Gasteiger partial charge in [-0.25, -0.2) is 0 Å². The van der Waals surface area contributed by atoms with Crippen molar-refractivity contribution in [3.63, 3.8) is 0 Å². The van der Waals surface area contributed by atoms with Gasteiger partial charge < -0.3 is 10.3 Å². The Kier molecular flexibility index (Phi) is 5.03. The molecule has 172 valence electrons. The van der Waals surface area contributed by atoms with E-state index in [1.807, 2.05) is 30.9 Å². The second kappa shape index (κ2) is 8.36. The number of nitrogens with zero attached hydrogens (tertiary/aromatic N) is 4. The number of pyridine rings is 3. The molecule has 6 rings (SSSR count). The Morgan fingerprint density at radius 1 is 1.00 bits per heavy atom. The first-order valence-corrected chi connectivity index (χ1v) is 11.7. The van der Waals surface area contributed by atoms with Gasteiger partial charge in [0.2, 0.25) is 0 Å². The van der Waals surface area contributed by atoms with E-state index in [1.165, 1.54) is 5.57 Å². The van der Waals surface area contributed by atoms with E-state index in [2.05, 4.69) is 86.2 Å². The van der Waals surface area contributed by atoms with Gasteiger partial charge in [-0.1, -0.05) is 38.7 Å². The van der Waals surface area contributed by atoms with Crippen LogP contribution in [0.1, 0.15) is 25.8 Å². The first kappa shape index (κ1) is 21.0. The predicted octanol–water partition coefficient (Wildman–Crippen LogP) is 6.49. The third-order valence-corrected chi connectivity index (χ3v) is 6.37. The molecule has 3 N–H and O–H groups in total. The molecule has 7 nitrogen and oxygen atoms in total. The highest BCUT2D eigenvalue weighted by atomic mass is 15.1. The lowest BCUT2D eigenvalue weighted by Gasteiger charge is -2.13. The minimum absolute atomic E-state index is 0.328. The number of allylic oxidation sites excluding steroid dienone is 5. The number of aromatic amines is 2. The summed E-state index contributed by atoms with van der Waals surface area (Å²) in [6, 6.07) is 6.25. The molecule has 1 aliphatic rings. The molecule has 7 heteroatoms. The van der Waals surface area contributed by atoms with Crippen molar-refractivity contribution in [2.75, 3.05) is 5.32 Å². The molecule has 1 aliphatic carbocycles. The van der Waals surface area contributed by atoms with Crippen LogP contribution in [0.15, 0.2) is 79.7 Å². The van der Waals surface area contributed by atoms with Crippen LogP contribution in [0.5, 0.6) is 0 Å². The third kappa shape index (κ3) is 3.81. The van der Waals surface area contributed by atoms with Crippen molar-refractivity contribution in [1.29, 1.82) is 0 Å². The number of H-pyrrole nitrogens is 2. The minimum atomic E-state index is 0.328. The Bertz CT molecular complexity index is 1650. The van der Waals surface area contributed by atoms with E-state index in [0.29, 0.717) is 5.92 Å². The molecule has 0 spiro atoms. The smallest absolute Gasteiger partial charge is 0.116 e. The predicted molar refractivity (Wildman–Crippen MR) is 142 cm³/mol. The van der Waals surface area contributed by atoms with E-state index in [9.17, 15) is 0 Å². The first-order valence-electron chi connectivity index (χ1n) is 11.7. The maximum absolute atomic E-state index is 4.65. The molecule has 0 fully saturated rings. The van der Waals surface area contributed by atoms with Gasteiger partial charge in [0, 0.05) is 40.0 Å². The SMILES string of the molecule is C=C(Nc1cncc(-c2cc3c(-c4cc5c(C6=CCC=C6)cncc5[nH]4)n[nH]c3cn2)c1)C(C)C. The van der Waals surface area contributed by atoms with E-state index in [1.54, 1.807) is 6.20 Å². The summed E-state index contributed by atoms with van der Waals surface area (Å²) in [6.07, 6.45) is 16.7. The number of fused-ring (bicyclic) bond motifs is 2. The van der Waals surface area contributed by atoms with Crippen LogP contribution >= 0.6 is 0 Å². The van der Waals surface area contributed by atoms with Gasteiger partial charge in [0.05, 0.1) is 46.7 Å². The minimum Gasteiger partial charge on any atom is -0.358 e. The van der Waals surface area contributed by atoms with Crippen LogP contribution < -0.4 is 5.32 Å². The highest BCUT2D eigenvalue weighted by Crippen LogP contribution is 2.34. The first-order chi connectivity index (χ1) is 17.1. The number of anilines is 1. The molecule has 0 aromatic carbocycles. The van der Waals surface area contributed by atoms with Crippen molar-refractivity contribution in [3.8, 4) is 22.6 Å². The molecule has 0 saturated heterocycles. The van der Waals surface area contributed by atoms with Crippen molar-refractivity contribution in [1.82, 2.24) is 30.1 Å². The summed E-state index contributed by atoms with van der Waals surface area (Å²) in [7, 11) is 0. The normalized spacial score (nSPS) is 13.2. The van der Waals surface area contributed by atoms with E-state index in [4.69, 9.17) is 0 Å². The van der Waals surface area contributed by atoms with E-state index in [0.717, 1.165) is 67.8 Å². The van der Waals surface area contributed by atoms with Crippen LogP contribution in [0.4, 0.5) is 5.69 Å². The van der Waals surface area contributed by atoms with Gasteiger partial charge in [-0.05, 0) is 36.1 Å². The van der Waals surface area contributed by atoms with Gasteiger partial charge in [0.15, 0.2) is 0 Å². The fourth-order valence-corrected chi connectivity index (χ4v) is 4.32. The molecule has 5 aromatic rings. The Morgan fingerprint density at radius 2 is 1.89 bits per heavy atom. The molecular formula is C28H25N7. The molecule has 0 aliphatic heterocycles. The molecule has 0 bridgehead atoms. The summed E-state index contributed by atoms with van der Waals surface area (Å²) in [6.45, 7) is 8.31. The van der Waals surface area contributed by atoms with Crippen LogP contribution in [0.3, 0.4) is 0 Å². The van der Waals surface area contributed by atoms with Crippen LogP contribution in [0, 0.1) is 5.92 Å². The van der Waals surface area contributed by atoms with Crippen LogP contribution in [-0.4, -0.2) is 30.1 Å². The lowest BCUT2D eigenvalue weighted by molar-refractivity contribution is 0.778. The second-order valence-corrected chi connectivity index (χ2v) is 9.08. The molecule has 0 unspecified atom stereocenters.